The average molecular weight is 466 g/mol. The molecule has 33 heavy (non-hydrogen) atoms. The van der Waals surface area contributed by atoms with E-state index in [9.17, 15) is 19.2 Å². The Morgan fingerprint density at radius 2 is 1.61 bits per heavy atom. The van der Waals surface area contributed by atoms with Crippen molar-refractivity contribution in [1.29, 1.82) is 0 Å². The van der Waals surface area contributed by atoms with Gasteiger partial charge in [-0.3, -0.25) is 25.0 Å². The Bertz CT molecular complexity index is 773. The van der Waals surface area contributed by atoms with Crippen molar-refractivity contribution in [2.75, 3.05) is 25.0 Å². The molecule has 0 aliphatic rings. The van der Waals surface area contributed by atoms with E-state index in [4.69, 9.17) is 22.4 Å². The lowest BCUT2D eigenvalue weighted by Gasteiger charge is -2.16. The van der Waals surface area contributed by atoms with Crippen LogP contribution in [0, 0.1) is 0 Å². The summed E-state index contributed by atoms with van der Waals surface area (Å²) in [5, 5.41) is 17.4. The molecular formula is C21H35N7O5. The van der Waals surface area contributed by atoms with Gasteiger partial charge in [-0.1, -0.05) is 0 Å². The Hall–Kier alpha value is -3.22. The fraction of sp³-hybridized carbons (Fsp3) is 0.524. The largest absolute Gasteiger partial charge is 0.480 e. The highest BCUT2D eigenvalue weighted by atomic mass is 16.4. The van der Waals surface area contributed by atoms with Crippen molar-refractivity contribution in [2.45, 2.75) is 50.6 Å². The van der Waals surface area contributed by atoms with Crippen LogP contribution in [0.3, 0.4) is 0 Å². The van der Waals surface area contributed by atoms with Gasteiger partial charge in [0.25, 0.3) is 5.91 Å². The Kier molecular flexibility index (Phi) is 13.1. The van der Waals surface area contributed by atoms with Crippen molar-refractivity contribution in [3.05, 3.63) is 29.8 Å². The predicted molar refractivity (Wildman–Crippen MR) is 124 cm³/mol. The Balaban J connectivity index is 2.30. The molecule has 11 N–H and O–H groups in total. The number of primary amides is 1. The van der Waals surface area contributed by atoms with Crippen LogP contribution in [0.25, 0.3) is 0 Å². The average Bonchev–Trinajstić information content (AvgIpc) is 2.79. The Morgan fingerprint density at radius 1 is 0.939 bits per heavy atom. The molecule has 1 aromatic carbocycles. The van der Waals surface area contributed by atoms with Crippen molar-refractivity contribution in [3.8, 4) is 0 Å². The van der Waals surface area contributed by atoms with E-state index in [1.165, 1.54) is 0 Å². The fourth-order valence-corrected chi connectivity index (χ4v) is 3.03. The Morgan fingerprint density at radius 3 is 2.18 bits per heavy atom. The maximum Gasteiger partial charge on any atom is 0.322 e. The maximum atomic E-state index is 12.2. The summed E-state index contributed by atoms with van der Waals surface area (Å²) in [6, 6.07) is 5.28. The number of hydrazine groups is 1. The number of unbranched alkanes of at least 4 members (excludes halogenated alkanes) is 1. The molecule has 0 bridgehead atoms. The predicted octanol–water partition coefficient (Wildman–Crippen LogP) is -0.986. The molecule has 1 aromatic rings. The van der Waals surface area contributed by atoms with E-state index in [0.717, 1.165) is 5.69 Å². The van der Waals surface area contributed by atoms with Crippen LogP contribution >= 0.6 is 0 Å². The van der Waals surface area contributed by atoms with Crippen LogP contribution < -0.4 is 38.7 Å². The molecule has 12 nitrogen and oxygen atoms in total. The lowest BCUT2D eigenvalue weighted by Crippen LogP contribution is -2.44. The molecule has 0 spiro atoms. The van der Waals surface area contributed by atoms with E-state index < -0.39 is 29.9 Å². The highest BCUT2D eigenvalue weighted by Crippen LogP contribution is 2.09. The van der Waals surface area contributed by atoms with Gasteiger partial charge in [-0.15, -0.1) is 0 Å². The SMILES string of the molecule is NCCNc1ccc(C(=O)NCCCC[C@H](NC(=O)CCC[C@H](NN)C(=O)O)C(N)=O)cc1. The molecule has 0 radical (unpaired) electrons. The topological polar surface area (TPSA) is 215 Å². The molecule has 2 atom stereocenters. The number of hydrogen-bond donors (Lipinski definition) is 8. The molecule has 184 valence electrons. The zero-order chi connectivity index (χ0) is 24.6. The number of nitrogens with one attached hydrogen (secondary N) is 4. The summed E-state index contributed by atoms with van der Waals surface area (Å²) in [5.74, 6) is 2.80. The van der Waals surface area contributed by atoms with Crippen LogP contribution in [0.4, 0.5) is 5.69 Å². The number of amides is 3. The second kappa shape index (κ2) is 15.6. The number of benzene rings is 1. The second-order valence-electron chi connectivity index (χ2n) is 7.52. The highest BCUT2D eigenvalue weighted by Gasteiger charge is 2.19. The minimum Gasteiger partial charge on any atom is -0.480 e. The summed E-state index contributed by atoms with van der Waals surface area (Å²) >= 11 is 0. The first-order valence-corrected chi connectivity index (χ1v) is 10.9. The van der Waals surface area contributed by atoms with E-state index >= 15 is 0 Å². The number of nitrogens with two attached hydrogens (primary N) is 3. The molecule has 3 amide bonds. The lowest BCUT2D eigenvalue weighted by atomic mass is 10.1. The molecule has 0 fully saturated rings. The van der Waals surface area contributed by atoms with Gasteiger partial charge in [0, 0.05) is 37.3 Å². The minimum absolute atomic E-state index is 0.0474. The van der Waals surface area contributed by atoms with Crippen LogP contribution in [0.5, 0.6) is 0 Å². The quantitative estimate of drug-likeness (QED) is 0.0804. The zero-order valence-electron chi connectivity index (χ0n) is 18.6. The fourth-order valence-electron chi connectivity index (χ4n) is 3.03. The molecule has 0 heterocycles. The molecule has 0 unspecified atom stereocenters. The van der Waals surface area contributed by atoms with E-state index in [-0.39, 0.29) is 25.2 Å². The third kappa shape index (κ3) is 11.3. The first-order valence-electron chi connectivity index (χ1n) is 10.9. The number of hydrogen-bond acceptors (Lipinski definition) is 8. The van der Waals surface area contributed by atoms with Gasteiger partial charge in [0.15, 0.2) is 0 Å². The van der Waals surface area contributed by atoms with E-state index in [1.807, 2.05) is 0 Å². The van der Waals surface area contributed by atoms with Crippen LogP contribution in [0.2, 0.25) is 0 Å². The number of carboxylic acids is 1. The number of carbonyl (C=O) groups excluding carboxylic acids is 3. The summed E-state index contributed by atoms with van der Waals surface area (Å²) < 4.78 is 0. The molecule has 12 heteroatoms. The summed E-state index contributed by atoms with van der Waals surface area (Å²) in [6.07, 6.45) is 2.01. The maximum absolute atomic E-state index is 12.2. The monoisotopic (exact) mass is 465 g/mol. The number of rotatable bonds is 17. The standard InChI is InChI=1S/C21H35N7O5/c22-11-13-25-15-9-7-14(8-10-15)20(31)26-12-2-1-4-16(19(23)30)27-18(29)6-3-5-17(28-24)21(32)33/h7-10,16-17,25,28H,1-6,11-13,22,24H2,(H2,23,30)(H,26,31)(H,27,29)(H,32,33)/t16-,17-/m0/s1. The first-order chi connectivity index (χ1) is 15.8. The van der Waals surface area contributed by atoms with Gasteiger partial charge < -0.3 is 32.5 Å². The molecule has 0 aliphatic heterocycles. The second-order valence-corrected chi connectivity index (χ2v) is 7.52. The van der Waals surface area contributed by atoms with E-state index in [0.29, 0.717) is 44.5 Å². The van der Waals surface area contributed by atoms with E-state index in [1.54, 1.807) is 24.3 Å². The number of aliphatic carboxylic acids is 1. The number of anilines is 1. The van der Waals surface area contributed by atoms with Crippen LogP contribution in [-0.4, -0.2) is 60.5 Å². The van der Waals surface area contributed by atoms with Gasteiger partial charge in [0.2, 0.25) is 11.8 Å². The Labute approximate surface area is 193 Å². The third-order valence-electron chi connectivity index (χ3n) is 4.90. The highest BCUT2D eigenvalue weighted by molar-refractivity contribution is 5.94. The normalized spacial score (nSPS) is 12.4. The van der Waals surface area contributed by atoms with Crippen molar-refractivity contribution in [1.82, 2.24) is 16.1 Å². The van der Waals surface area contributed by atoms with Crippen LogP contribution in [0.15, 0.2) is 24.3 Å². The first kappa shape index (κ1) is 27.8. The van der Waals surface area contributed by atoms with Crippen LogP contribution in [-0.2, 0) is 14.4 Å². The molecule has 0 saturated carbocycles. The van der Waals surface area contributed by atoms with Gasteiger partial charge in [-0.2, -0.15) is 0 Å². The lowest BCUT2D eigenvalue weighted by molar-refractivity contribution is -0.139. The van der Waals surface area contributed by atoms with Crippen molar-refractivity contribution in [2.24, 2.45) is 17.3 Å². The minimum atomic E-state index is -1.10. The van der Waals surface area contributed by atoms with Gasteiger partial charge in [0.1, 0.15) is 12.1 Å². The summed E-state index contributed by atoms with van der Waals surface area (Å²) in [6.45, 7) is 1.57. The number of carbonyl (C=O) groups is 4. The van der Waals surface area contributed by atoms with Crippen molar-refractivity contribution >= 4 is 29.4 Å². The summed E-state index contributed by atoms with van der Waals surface area (Å²) in [5.41, 5.74) is 14.4. The number of carboxylic acid groups (broad SMARTS) is 1. The van der Waals surface area contributed by atoms with Crippen LogP contribution in [0.1, 0.15) is 48.9 Å². The van der Waals surface area contributed by atoms with Crippen molar-refractivity contribution < 1.29 is 24.3 Å². The summed E-state index contributed by atoms with van der Waals surface area (Å²) in [7, 11) is 0. The molecule has 0 saturated heterocycles. The third-order valence-corrected chi connectivity index (χ3v) is 4.90. The van der Waals surface area contributed by atoms with Gasteiger partial charge in [0.05, 0.1) is 0 Å². The van der Waals surface area contributed by atoms with Gasteiger partial charge >= 0.3 is 5.97 Å². The van der Waals surface area contributed by atoms with Crippen molar-refractivity contribution in [3.63, 3.8) is 0 Å². The zero-order valence-corrected chi connectivity index (χ0v) is 18.6. The molecule has 0 aliphatic carbocycles. The van der Waals surface area contributed by atoms with E-state index in [2.05, 4.69) is 21.4 Å². The summed E-state index contributed by atoms with van der Waals surface area (Å²) in [4.78, 5) is 46.7. The van der Waals surface area contributed by atoms with Gasteiger partial charge in [-0.05, 0) is 56.4 Å². The molecule has 0 aromatic heterocycles. The molecular weight excluding hydrogens is 430 g/mol. The van der Waals surface area contributed by atoms with Gasteiger partial charge in [-0.25, -0.2) is 5.43 Å². The molecule has 1 rings (SSSR count). The smallest absolute Gasteiger partial charge is 0.322 e.